The van der Waals surface area contributed by atoms with Crippen LogP contribution in [0.3, 0.4) is 0 Å². The van der Waals surface area contributed by atoms with Crippen molar-refractivity contribution in [2.45, 2.75) is 22.8 Å². The van der Waals surface area contributed by atoms with Gasteiger partial charge in [-0.15, -0.1) is 0 Å². The van der Waals surface area contributed by atoms with Crippen LogP contribution in [-0.4, -0.2) is 12.2 Å². The van der Waals surface area contributed by atoms with E-state index < -0.39 is 6.10 Å². The molecule has 2 rings (SSSR count). The van der Waals surface area contributed by atoms with E-state index in [4.69, 9.17) is 27.9 Å². The maximum Gasteiger partial charge on any atom is 0.125 e. The fraction of sp³-hybridized carbons (Fsp3) is 0.200. The van der Waals surface area contributed by atoms with E-state index >= 15 is 0 Å². The zero-order valence-electron chi connectivity index (χ0n) is 11.1. The van der Waals surface area contributed by atoms with Gasteiger partial charge in [0, 0.05) is 20.4 Å². The molecule has 106 valence electrons. The van der Waals surface area contributed by atoms with E-state index in [1.54, 1.807) is 32.2 Å². The average Bonchev–Trinajstić information content (AvgIpc) is 2.42. The van der Waals surface area contributed by atoms with Gasteiger partial charge in [-0.2, -0.15) is 0 Å². The van der Waals surface area contributed by atoms with E-state index in [9.17, 15) is 5.11 Å². The van der Waals surface area contributed by atoms with Gasteiger partial charge in [0.15, 0.2) is 0 Å². The van der Waals surface area contributed by atoms with Gasteiger partial charge in [-0.1, -0.05) is 41.0 Å². The van der Waals surface area contributed by atoms with E-state index in [-0.39, 0.29) is 0 Å². The summed E-state index contributed by atoms with van der Waals surface area (Å²) in [6.45, 7) is 1.71. The number of halogens is 2. The first kappa shape index (κ1) is 15.5. The first-order valence-electron chi connectivity index (χ1n) is 6.00. The van der Waals surface area contributed by atoms with E-state index in [0.717, 1.165) is 15.4 Å². The molecule has 1 unspecified atom stereocenters. The van der Waals surface area contributed by atoms with Crippen LogP contribution >= 0.6 is 35.0 Å². The summed E-state index contributed by atoms with van der Waals surface area (Å²) >= 11 is 13.6. The largest absolute Gasteiger partial charge is 0.496 e. The SMILES string of the molecule is COc1cccc(Sc2cc(Cl)ccc2Cl)c1C(C)O. The zero-order valence-corrected chi connectivity index (χ0v) is 13.4. The smallest absolute Gasteiger partial charge is 0.125 e. The Kier molecular flexibility index (Phi) is 5.22. The molecule has 20 heavy (non-hydrogen) atoms. The second-order valence-corrected chi connectivity index (χ2v) is 6.15. The van der Waals surface area contributed by atoms with Crippen LogP contribution in [0.25, 0.3) is 0 Å². The lowest BCUT2D eigenvalue weighted by molar-refractivity contribution is 0.191. The maximum atomic E-state index is 9.97. The predicted octanol–water partition coefficient (Wildman–Crippen LogP) is 5.21. The van der Waals surface area contributed by atoms with Crippen LogP contribution in [0.1, 0.15) is 18.6 Å². The van der Waals surface area contributed by atoms with E-state index in [2.05, 4.69) is 0 Å². The van der Waals surface area contributed by atoms with E-state index in [1.165, 1.54) is 11.8 Å². The first-order valence-corrected chi connectivity index (χ1v) is 7.58. The van der Waals surface area contributed by atoms with Gasteiger partial charge in [0.2, 0.25) is 0 Å². The van der Waals surface area contributed by atoms with Gasteiger partial charge in [-0.25, -0.2) is 0 Å². The molecule has 0 aromatic heterocycles. The third kappa shape index (κ3) is 3.41. The van der Waals surface area contributed by atoms with Crippen molar-refractivity contribution in [2.24, 2.45) is 0 Å². The Morgan fingerprint density at radius 3 is 2.55 bits per heavy atom. The summed E-state index contributed by atoms with van der Waals surface area (Å²) in [7, 11) is 1.59. The fourth-order valence-electron chi connectivity index (χ4n) is 1.88. The summed E-state index contributed by atoms with van der Waals surface area (Å²) < 4.78 is 5.31. The normalized spacial score (nSPS) is 12.2. The van der Waals surface area contributed by atoms with Crippen LogP contribution in [0.15, 0.2) is 46.2 Å². The van der Waals surface area contributed by atoms with Crippen molar-refractivity contribution in [1.82, 2.24) is 0 Å². The summed E-state index contributed by atoms with van der Waals surface area (Å²) in [5, 5.41) is 11.2. The highest BCUT2D eigenvalue weighted by Gasteiger charge is 2.16. The van der Waals surface area contributed by atoms with Gasteiger partial charge in [0.25, 0.3) is 0 Å². The molecule has 0 aliphatic heterocycles. The van der Waals surface area contributed by atoms with Crippen LogP contribution in [0.2, 0.25) is 10.0 Å². The molecule has 0 spiro atoms. The lowest BCUT2D eigenvalue weighted by atomic mass is 10.1. The molecule has 0 radical (unpaired) electrons. The van der Waals surface area contributed by atoms with E-state index in [0.29, 0.717) is 15.8 Å². The summed E-state index contributed by atoms with van der Waals surface area (Å²) in [5.41, 5.74) is 0.746. The molecule has 0 fully saturated rings. The molecule has 0 saturated heterocycles. The molecular formula is C15H14Cl2O2S. The molecule has 0 bridgehead atoms. The molecule has 5 heteroatoms. The molecule has 2 nitrogen and oxygen atoms in total. The molecule has 0 saturated carbocycles. The number of rotatable bonds is 4. The van der Waals surface area contributed by atoms with E-state index in [1.807, 2.05) is 18.2 Å². The minimum absolute atomic E-state index is 0.624. The average molecular weight is 329 g/mol. The van der Waals surface area contributed by atoms with Gasteiger partial charge < -0.3 is 9.84 Å². The van der Waals surface area contributed by atoms with Crippen molar-refractivity contribution in [3.05, 3.63) is 52.0 Å². The molecule has 2 aromatic carbocycles. The van der Waals surface area contributed by atoms with Crippen molar-refractivity contribution < 1.29 is 9.84 Å². The summed E-state index contributed by atoms with van der Waals surface area (Å²) in [4.78, 5) is 1.73. The Balaban J connectivity index is 2.45. The Morgan fingerprint density at radius 2 is 1.90 bits per heavy atom. The fourth-order valence-corrected chi connectivity index (χ4v) is 3.46. The predicted molar refractivity (Wildman–Crippen MR) is 84.2 cm³/mol. The van der Waals surface area contributed by atoms with Gasteiger partial charge in [0.05, 0.1) is 18.2 Å². The molecule has 0 aliphatic rings. The quantitative estimate of drug-likeness (QED) is 0.835. The highest BCUT2D eigenvalue weighted by molar-refractivity contribution is 7.99. The highest BCUT2D eigenvalue weighted by atomic mass is 35.5. The van der Waals surface area contributed by atoms with Crippen LogP contribution in [-0.2, 0) is 0 Å². The molecule has 1 N–H and O–H groups in total. The first-order chi connectivity index (χ1) is 9.52. The maximum absolute atomic E-state index is 9.97. The standard InChI is InChI=1S/C15H14Cl2O2S/c1-9(18)15-12(19-2)4-3-5-13(15)20-14-8-10(16)6-7-11(14)17/h3-9,18H,1-2H3. The number of hydrogen-bond donors (Lipinski definition) is 1. The molecule has 1 atom stereocenters. The summed E-state index contributed by atoms with van der Waals surface area (Å²) in [6.07, 6.45) is -0.633. The number of hydrogen-bond acceptors (Lipinski definition) is 3. The Morgan fingerprint density at radius 1 is 1.15 bits per heavy atom. The number of aliphatic hydroxyl groups is 1. The second-order valence-electron chi connectivity index (χ2n) is 4.22. The summed E-state index contributed by atoms with van der Waals surface area (Å²) in [5.74, 6) is 0.656. The highest BCUT2D eigenvalue weighted by Crippen LogP contribution is 2.41. The zero-order chi connectivity index (χ0) is 14.7. The lowest BCUT2D eigenvalue weighted by Crippen LogP contribution is -1.98. The Bertz CT molecular complexity index is 615. The summed E-state index contributed by atoms with van der Waals surface area (Å²) in [6, 6.07) is 10.9. The van der Waals surface area contributed by atoms with Crippen molar-refractivity contribution in [3.63, 3.8) is 0 Å². The van der Waals surface area contributed by atoms with Gasteiger partial charge >= 0.3 is 0 Å². The van der Waals surface area contributed by atoms with Gasteiger partial charge in [0.1, 0.15) is 5.75 Å². The van der Waals surface area contributed by atoms with Crippen molar-refractivity contribution in [2.75, 3.05) is 7.11 Å². The van der Waals surface area contributed by atoms with Crippen molar-refractivity contribution in [3.8, 4) is 5.75 Å². The van der Waals surface area contributed by atoms with Crippen LogP contribution in [0.5, 0.6) is 5.75 Å². The van der Waals surface area contributed by atoms with Crippen LogP contribution in [0.4, 0.5) is 0 Å². The molecule has 0 amide bonds. The molecule has 2 aromatic rings. The Hall–Kier alpha value is -0.870. The minimum atomic E-state index is -0.633. The number of ether oxygens (including phenoxy) is 1. The van der Waals surface area contributed by atoms with Gasteiger partial charge in [-0.3, -0.25) is 0 Å². The van der Waals surface area contributed by atoms with Crippen LogP contribution in [0, 0.1) is 0 Å². The Labute approximate surface area is 132 Å². The minimum Gasteiger partial charge on any atom is -0.496 e. The molecular weight excluding hydrogens is 315 g/mol. The van der Waals surface area contributed by atoms with Crippen LogP contribution < -0.4 is 4.74 Å². The monoisotopic (exact) mass is 328 g/mol. The number of methoxy groups -OCH3 is 1. The van der Waals surface area contributed by atoms with Gasteiger partial charge in [-0.05, 0) is 37.3 Å². The topological polar surface area (TPSA) is 29.5 Å². The molecule has 0 aliphatic carbocycles. The lowest BCUT2D eigenvalue weighted by Gasteiger charge is -2.16. The number of benzene rings is 2. The third-order valence-corrected chi connectivity index (χ3v) is 4.59. The third-order valence-electron chi connectivity index (χ3n) is 2.78. The van der Waals surface area contributed by atoms with Crippen molar-refractivity contribution >= 4 is 35.0 Å². The second kappa shape index (κ2) is 6.72. The number of aliphatic hydroxyl groups excluding tert-OH is 1. The van der Waals surface area contributed by atoms with Crippen molar-refractivity contribution in [1.29, 1.82) is 0 Å². The molecule has 0 heterocycles.